The summed E-state index contributed by atoms with van der Waals surface area (Å²) in [6.07, 6.45) is -0.0741. The van der Waals surface area contributed by atoms with Gasteiger partial charge in [0.1, 0.15) is 11.1 Å². The molecule has 84 valence electrons. The number of nitrogen functional groups attached to an aromatic ring is 1. The number of nitrogens with two attached hydrogens (primary N) is 1. The highest BCUT2D eigenvalue weighted by Crippen LogP contribution is 2.22. The van der Waals surface area contributed by atoms with Crippen molar-refractivity contribution in [3.8, 4) is 0 Å². The highest BCUT2D eigenvalue weighted by atomic mass is 32.1. The third kappa shape index (κ3) is 2.77. The molecule has 1 unspecified atom stereocenters. The molecule has 0 saturated heterocycles. The summed E-state index contributed by atoms with van der Waals surface area (Å²) in [4.78, 5) is 0. The van der Waals surface area contributed by atoms with E-state index in [0.717, 1.165) is 10.6 Å². The Morgan fingerprint density at radius 2 is 2.06 bits per heavy atom. The number of hydrogen-bond donors (Lipinski definition) is 1. The molecule has 0 aliphatic heterocycles. The third-order valence-corrected chi connectivity index (χ3v) is 3.06. The zero-order chi connectivity index (χ0) is 11.4. The van der Waals surface area contributed by atoms with Gasteiger partial charge in [-0.05, 0) is 12.5 Å². The van der Waals surface area contributed by atoms with Crippen LogP contribution < -0.4 is 5.73 Å². The van der Waals surface area contributed by atoms with Gasteiger partial charge in [-0.3, -0.25) is 0 Å². The van der Waals surface area contributed by atoms with E-state index in [1.165, 1.54) is 11.3 Å². The molecule has 1 atom stereocenters. The molecular weight excluding hydrogens is 222 g/mol. The number of aromatic nitrogens is 2. The Bertz CT molecular complexity index is 444. The van der Waals surface area contributed by atoms with Crippen LogP contribution in [-0.2, 0) is 11.3 Å². The first-order valence-electron chi connectivity index (χ1n) is 5.00. The minimum absolute atomic E-state index is 0.0741. The third-order valence-electron chi connectivity index (χ3n) is 2.15. The van der Waals surface area contributed by atoms with Crippen LogP contribution in [0, 0.1) is 0 Å². The number of rotatable bonds is 4. The average molecular weight is 235 g/mol. The van der Waals surface area contributed by atoms with Gasteiger partial charge in [0.05, 0.1) is 6.61 Å². The SMILES string of the molecule is CC(OCc1ccccc1)c1nnc(N)s1. The molecule has 4 nitrogen and oxygen atoms in total. The average Bonchev–Trinajstić information content (AvgIpc) is 2.74. The van der Waals surface area contributed by atoms with E-state index >= 15 is 0 Å². The summed E-state index contributed by atoms with van der Waals surface area (Å²) in [5.41, 5.74) is 6.66. The van der Waals surface area contributed by atoms with Crippen LogP contribution in [0.15, 0.2) is 30.3 Å². The maximum absolute atomic E-state index is 5.68. The quantitative estimate of drug-likeness (QED) is 0.884. The second kappa shape index (κ2) is 5.05. The van der Waals surface area contributed by atoms with E-state index in [2.05, 4.69) is 10.2 Å². The van der Waals surface area contributed by atoms with Gasteiger partial charge in [-0.2, -0.15) is 0 Å². The maximum atomic E-state index is 5.68. The van der Waals surface area contributed by atoms with Crippen molar-refractivity contribution in [1.82, 2.24) is 10.2 Å². The molecule has 0 amide bonds. The fourth-order valence-electron chi connectivity index (χ4n) is 1.28. The van der Waals surface area contributed by atoms with Crippen LogP contribution in [0.4, 0.5) is 5.13 Å². The van der Waals surface area contributed by atoms with Gasteiger partial charge in [-0.1, -0.05) is 41.7 Å². The summed E-state index contributed by atoms with van der Waals surface area (Å²) in [7, 11) is 0. The predicted octanol–water partition coefficient (Wildman–Crippen LogP) is 2.40. The van der Waals surface area contributed by atoms with E-state index in [4.69, 9.17) is 10.5 Å². The highest BCUT2D eigenvalue weighted by Gasteiger charge is 2.11. The minimum atomic E-state index is -0.0741. The van der Waals surface area contributed by atoms with Gasteiger partial charge < -0.3 is 10.5 Å². The lowest BCUT2D eigenvalue weighted by Gasteiger charge is -2.09. The molecule has 1 aromatic heterocycles. The molecule has 2 N–H and O–H groups in total. The standard InChI is InChI=1S/C11H13N3OS/c1-8(10-13-14-11(12)16-10)15-7-9-5-3-2-4-6-9/h2-6,8H,7H2,1H3,(H2,12,14). The van der Waals surface area contributed by atoms with Gasteiger partial charge in [-0.15, -0.1) is 10.2 Å². The summed E-state index contributed by atoms with van der Waals surface area (Å²) >= 11 is 1.36. The van der Waals surface area contributed by atoms with Crippen molar-refractivity contribution in [3.63, 3.8) is 0 Å². The van der Waals surface area contributed by atoms with Crippen molar-refractivity contribution in [2.45, 2.75) is 19.6 Å². The summed E-state index contributed by atoms with van der Waals surface area (Å²) in [5, 5.41) is 9.00. The molecular formula is C11H13N3OS. The van der Waals surface area contributed by atoms with Crippen molar-refractivity contribution in [1.29, 1.82) is 0 Å². The normalized spacial score (nSPS) is 12.6. The van der Waals surface area contributed by atoms with Gasteiger partial charge in [0.15, 0.2) is 0 Å². The zero-order valence-corrected chi connectivity index (χ0v) is 9.78. The van der Waals surface area contributed by atoms with Gasteiger partial charge >= 0.3 is 0 Å². The van der Waals surface area contributed by atoms with Crippen LogP contribution in [0.3, 0.4) is 0 Å². The fourth-order valence-corrected chi connectivity index (χ4v) is 1.89. The van der Waals surface area contributed by atoms with Crippen molar-refractivity contribution >= 4 is 16.5 Å². The monoisotopic (exact) mass is 235 g/mol. The number of nitrogens with zero attached hydrogens (tertiary/aromatic N) is 2. The molecule has 1 heterocycles. The first kappa shape index (κ1) is 11.0. The molecule has 2 rings (SSSR count). The van der Waals surface area contributed by atoms with Crippen molar-refractivity contribution in [2.24, 2.45) is 0 Å². The Kier molecular flexibility index (Phi) is 3.48. The van der Waals surface area contributed by atoms with Crippen LogP contribution in [0.25, 0.3) is 0 Å². The van der Waals surface area contributed by atoms with E-state index in [-0.39, 0.29) is 6.10 Å². The Morgan fingerprint density at radius 3 is 2.69 bits per heavy atom. The van der Waals surface area contributed by atoms with E-state index in [1.807, 2.05) is 37.3 Å². The second-order valence-electron chi connectivity index (χ2n) is 3.42. The number of benzene rings is 1. The Hall–Kier alpha value is -1.46. The molecule has 0 aliphatic rings. The van der Waals surface area contributed by atoms with Crippen LogP contribution in [0.1, 0.15) is 23.6 Å². The van der Waals surface area contributed by atoms with E-state index < -0.39 is 0 Å². The van der Waals surface area contributed by atoms with Crippen LogP contribution in [-0.4, -0.2) is 10.2 Å². The maximum Gasteiger partial charge on any atom is 0.203 e. The molecule has 0 radical (unpaired) electrons. The summed E-state index contributed by atoms with van der Waals surface area (Å²) in [6.45, 7) is 2.52. The van der Waals surface area contributed by atoms with Crippen molar-refractivity contribution in [3.05, 3.63) is 40.9 Å². The topological polar surface area (TPSA) is 61.0 Å². The van der Waals surface area contributed by atoms with E-state index in [1.54, 1.807) is 0 Å². The highest BCUT2D eigenvalue weighted by molar-refractivity contribution is 7.15. The lowest BCUT2D eigenvalue weighted by Crippen LogP contribution is -1.99. The van der Waals surface area contributed by atoms with Crippen molar-refractivity contribution < 1.29 is 4.74 Å². The summed E-state index contributed by atoms with van der Waals surface area (Å²) in [5.74, 6) is 0. The molecule has 0 saturated carbocycles. The first-order valence-corrected chi connectivity index (χ1v) is 5.82. The zero-order valence-electron chi connectivity index (χ0n) is 8.96. The number of hydrogen-bond acceptors (Lipinski definition) is 5. The smallest absolute Gasteiger partial charge is 0.203 e. The summed E-state index contributed by atoms with van der Waals surface area (Å²) < 4.78 is 5.68. The summed E-state index contributed by atoms with van der Waals surface area (Å²) in [6, 6.07) is 10.0. The molecule has 0 aliphatic carbocycles. The minimum Gasteiger partial charge on any atom is -0.374 e. The van der Waals surface area contributed by atoms with Gasteiger partial charge in [0.25, 0.3) is 0 Å². The second-order valence-corrected chi connectivity index (χ2v) is 4.46. The van der Waals surface area contributed by atoms with Crippen LogP contribution >= 0.6 is 11.3 Å². The molecule has 0 fully saturated rings. The molecule has 2 aromatic rings. The Balaban J connectivity index is 1.91. The molecule has 5 heteroatoms. The number of anilines is 1. The number of ether oxygens (including phenoxy) is 1. The fraction of sp³-hybridized carbons (Fsp3) is 0.273. The van der Waals surface area contributed by atoms with Gasteiger partial charge in [0.2, 0.25) is 5.13 Å². The van der Waals surface area contributed by atoms with Gasteiger partial charge in [-0.25, -0.2) is 0 Å². The lowest BCUT2D eigenvalue weighted by molar-refractivity contribution is 0.0520. The Morgan fingerprint density at radius 1 is 1.31 bits per heavy atom. The molecule has 0 spiro atoms. The van der Waals surface area contributed by atoms with E-state index in [9.17, 15) is 0 Å². The van der Waals surface area contributed by atoms with Crippen LogP contribution in [0.5, 0.6) is 0 Å². The van der Waals surface area contributed by atoms with E-state index in [0.29, 0.717) is 11.7 Å². The molecule has 0 bridgehead atoms. The predicted molar refractivity (Wildman–Crippen MR) is 64.0 cm³/mol. The Labute approximate surface area is 98.1 Å². The van der Waals surface area contributed by atoms with Crippen molar-refractivity contribution in [2.75, 3.05) is 5.73 Å². The molecule has 16 heavy (non-hydrogen) atoms. The molecule has 1 aromatic carbocycles. The largest absolute Gasteiger partial charge is 0.374 e. The van der Waals surface area contributed by atoms with Crippen LogP contribution in [0.2, 0.25) is 0 Å². The van der Waals surface area contributed by atoms with Gasteiger partial charge in [0, 0.05) is 0 Å². The lowest BCUT2D eigenvalue weighted by atomic mass is 10.2. The first-order chi connectivity index (χ1) is 7.75.